The molecule has 274 valence electrons. The minimum atomic E-state index is 0.494. The van der Waals surface area contributed by atoms with Gasteiger partial charge in [-0.2, -0.15) is 5.26 Å². The van der Waals surface area contributed by atoms with Crippen molar-refractivity contribution >= 4 is 65.6 Å². The largest absolute Gasteiger partial charge is 0.456 e. The van der Waals surface area contributed by atoms with E-state index in [1.807, 2.05) is 91.0 Å². The Labute approximate surface area is 337 Å². The van der Waals surface area contributed by atoms with Crippen LogP contribution in [-0.2, 0) is 0 Å². The highest BCUT2D eigenvalue weighted by atomic mass is 16.3. The molecule has 0 aliphatic carbocycles. The van der Waals surface area contributed by atoms with E-state index in [9.17, 15) is 5.26 Å². The Hall–Kier alpha value is -8.34. The number of benzene rings is 8. The molecule has 59 heavy (non-hydrogen) atoms. The Bertz CT molecular complexity index is 3610. The molecule has 0 saturated heterocycles. The van der Waals surface area contributed by atoms with Crippen molar-refractivity contribution in [3.8, 4) is 51.6 Å². The van der Waals surface area contributed by atoms with Gasteiger partial charge in [-0.15, -0.1) is 0 Å². The van der Waals surface area contributed by atoms with Crippen molar-refractivity contribution < 1.29 is 4.42 Å². The van der Waals surface area contributed by atoms with Crippen molar-refractivity contribution in [1.29, 1.82) is 5.26 Å². The van der Waals surface area contributed by atoms with Crippen molar-refractivity contribution in [2.75, 3.05) is 0 Å². The summed E-state index contributed by atoms with van der Waals surface area (Å²) in [6, 6.07) is 64.3. The van der Waals surface area contributed by atoms with Gasteiger partial charge in [0.25, 0.3) is 0 Å². The molecular formula is C52H30N6O. The van der Waals surface area contributed by atoms with E-state index in [4.69, 9.17) is 19.4 Å². The van der Waals surface area contributed by atoms with Crippen LogP contribution in [0.25, 0.3) is 111 Å². The van der Waals surface area contributed by atoms with Crippen LogP contribution in [0.2, 0.25) is 0 Å². The van der Waals surface area contributed by atoms with Gasteiger partial charge in [0.15, 0.2) is 17.5 Å². The number of para-hydroxylation sites is 3. The molecular weight excluding hydrogens is 725 g/mol. The molecule has 4 heterocycles. The van der Waals surface area contributed by atoms with Gasteiger partial charge >= 0.3 is 0 Å². The van der Waals surface area contributed by atoms with Crippen molar-refractivity contribution in [1.82, 2.24) is 24.1 Å². The Morgan fingerprint density at radius 2 is 1.00 bits per heavy atom. The number of fused-ring (bicyclic) bond motifs is 10. The van der Waals surface area contributed by atoms with E-state index in [0.29, 0.717) is 23.0 Å². The molecule has 0 unspecified atom stereocenters. The molecule has 8 aromatic carbocycles. The minimum absolute atomic E-state index is 0.494. The molecule has 4 aromatic heterocycles. The Morgan fingerprint density at radius 1 is 0.407 bits per heavy atom. The fraction of sp³-hybridized carbons (Fsp3) is 0. The van der Waals surface area contributed by atoms with Crippen LogP contribution in [0, 0.1) is 11.3 Å². The first-order valence-electron chi connectivity index (χ1n) is 19.5. The second-order valence-electron chi connectivity index (χ2n) is 14.7. The summed E-state index contributed by atoms with van der Waals surface area (Å²) in [5.74, 6) is 1.63. The van der Waals surface area contributed by atoms with Gasteiger partial charge in [0.1, 0.15) is 17.2 Å². The molecule has 0 spiro atoms. The van der Waals surface area contributed by atoms with E-state index in [2.05, 4.69) is 106 Å². The normalized spacial score (nSPS) is 11.7. The molecule has 0 saturated carbocycles. The lowest BCUT2D eigenvalue weighted by Crippen LogP contribution is -2.02. The molecule has 0 N–H and O–H groups in total. The smallest absolute Gasteiger partial charge is 0.164 e. The quantitative estimate of drug-likeness (QED) is 0.175. The Kier molecular flexibility index (Phi) is 7.16. The van der Waals surface area contributed by atoms with Crippen LogP contribution in [0.15, 0.2) is 186 Å². The van der Waals surface area contributed by atoms with Gasteiger partial charge < -0.3 is 13.6 Å². The minimum Gasteiger partial charge on any atom is -0.456 e. The zero-order chi connectivity index (χ0) is 39.0. The van der Waals surface area contributed by atoms with Crippen molar-refractivity contribution in [2.24, 2.45) is 0 Å². The fourth-order valence-electron chi connectivity index (χ4n) is 8.80. The number of hydrogen-bond acceptors (Lipinski definition) is 5. The van der Waals surface area contributed by atoms with Crippen LogP contribution in [0.3, 0.4) is 0 Å². The highest BCUT2D eigenvalue weighted by Gasteiger charge is 2.22. The average molecular weight is 755 g/mol. The van der Waals surface area contributed by atoms with Crippen molar-refractivity contribution in [2.45, 2.75) is 0 Å². The van der Waals surface area contributed by atoms with E-state index in [1.54, 1.807) is 0 Å². The van der Waals surface area contributed by atoms with Gasteiger partial charge in [0.05, 0.1) is 33.3 Å². The molecule has 0 atom stereocenters. The third-order valence-electron chi connectivity index (χ3n) is 11.4. The molecule has 0 bridgehead atoms. The summed E-state index contributed by atoms with van der Waals surface area (Å²) in [7, 11) is 0. The number of nitriles is 1. The summed E-state index contributed by atoms with van der Waals surface area (Å²) in [6.45, 7) is 0. The van der Waals surface area contributed by atoms with Gasteiger partial charge in [0, 0.05) is 54.7 Å². The summed E-state index contributed by atoms with van der Waals surface area (Å²) >= 11 is 0. The summed E-state index contributed by atoms with van der Waals surface area (Å²) in [5, 5.41) is 17.4. The number of furan rings is 1. The second-order valence-corrected chi connectivity index (χ2v) is 14.7. The lowest BCUT2D eigenvalue weighted by atomic mass is 10.0. The van der Waals surface area contributed by atoms with E-state index in [-0.39, 0.29) is 0 Å². The van der Waals surface area contributed by atoms with Crippen LogP contribution in [-0.4, -0.2) is 24.1 Å². The summed E-state index contributed by atoms with van der Waals surface area (Å²) in [5.41, 5.74) is 10.7. The molecule has 12 rings (SSSR count). The van der Waals surface area contributed by atoms with Crippen molar-refractivity contribution in [3.05, 3.63) is 188 Å². The standard InChI is InChI=1S/C52H30N6O/c53-31-35-28-34(52-55-50(32-14-4-1-5-15-32)54-51(56-52)33-16-6-2-7-17-33)24-25-41(35)58-42-22-12-10-20-37(42)39-30-47-40(29-45(39)58)49-46(59-47)27-26-44-48(49)38-21-11-13-23-43(38)57(44)36-18-8-3-9-19-36/h1-30H. The summed E-state index contributed by atoms with van der Waals surface area (Å²) in [6.07, 6.45) is 0. The average Bonchev–Trinajstić information content (AvgIpc) is 3.95. The van der Waals surface area contributed by atoms with Crippen LogP contribution in [0.1, 0.15) is 5.56 Å². The number of nitrogens with zero attached hydrogens (tertiary/aromatic N) is 6. The fourth-order valence-corrected chi connectivity index (χ4v) is 8.80. The maximum Gasteiger partial charge on any atom is 0.164 e. The number of rotatable bonds is 5. The Balaban J connectivity index is 1.09. The SMILES string of the molecule is N#Cc1cc(-c2nc(-c3ccccc3)nc(-c3ccccc3)n2)ccc1-n1c2ccccc2c2cc3oc4ccc5c(c6ccccc6n5-c5ccccc5)c4c3cc21. The van der Waals surface area contributed by atoms with Crippen LogP contribution < -0.4 is 0 Å². The van der Waals surface area contributed by atoms with Crippen LogP contribution >= 0.6 is 0 Å². The van der Waals surface area contributed by atoms with E-state index in [0.717, 1.165) is 93.6 Å². The lowest BCUT2D eigenvalue weighted by Gasteiger charge is -2.12. The topological polar surface area (TPSA) is 85.5 Å². The van der Waals surface area contributed by atoms with Crippen LogP contribution in [0.4, 0.5) is 0 Å². The molecule has 0 aliphatic heterocycles. The number of aromatic nitrogens is 5. The van der Waals surface area contributed by atoms with Crippen LogP contribution in [0.5, 0.6) is 0 Å². The molecule has 7 nitrogen and oxygen atoms in total. The zero-order valence-electron chi connectivity index (χ0n) is 31.4. The molecule has 7 heteroatoms. The molecule has 0 amide bonds. The molecule has 0 aliphatic rings. The monoisotopic (exact) mass is 754 g/mol. The van der Waals surface area contributed by atoms with Gasteiger partial charge in [-0.1, -0.05) is 115 Å². The highest BCUT2D eigenvalue weighted by Crippen LogP contribution is 2.44. The summed E-state index contributed by atoms with van der Waals surface area (Å²) < 4.78 is 11.2. The van der Waals surface area contributed by atoms with Gasteiger partial charge in [-0.3, -0.25) is 0 Å². The van der Waals surface area contributed by atoms with Gasteiger partial charge in [-0.05, 0) is 66.7 Å². The van der Waals surface area contributed by atoms with Gasteiger partial charge in [0.2, 0.25) is 0 Å². The molecule has 0 radical (unpaired) electrons. The third kappa shape index (κ3) is 5.04. The summed E-state index contributed by atoms with van der Waals surface area (Å²) in [4.78, 5) is 14.7. The highest BCUT2D eigenvalue weighted by molar-refractivity contribution is 6.29. The van der Waals surface area contributed by atoms with E-state index in [1.165, 1.54) is 0 Å². The lowest BCUT2D eigenvalue weighted by molar-refractivity contribution is 0.670. The van der Waals surface area contributed by atoms with Crippen molar-refractivity contribution in [3.63, 3.8) is 0 Å². The first-order chi connectivity index (χ1) is 29.2. The third-order valence-corrected chi connectivity index (χ3v) is 11.4. The first-order valence-corrected chi connectivity index (χ1v) is 19.5. The van der Waals surface area contributed by atoms with E-state index < -0.39 is 0 Å². The van der Waals surface area contributed by atoms with Gasteiger partial charge in [-0.25, -0.2) is 15.0 Å². The van der Waals surface area contributed by atoms with E-state index >= 15 is 0 Å². The molecule has 0 fully saturated rings. The predicted octanol–water partition coefficient (Wildman–Crippen LogP) is 12.8. The second kappa shape index (κ2) is 12.8. The zero-order valence-corrected chi connectivity index (χ0v) is 31.4. The molecule has 12 aromatic rings. The maximum atomic E-state index is 10.9. The Morgan fingerprint density at radius 3 is 1.68 bits per heavy atom. The predicted molar refractivity (Wildman–Crippen MR) is 237 cm³/mol. The first kappa shape index (κ1) is 32.9. The maximum absolute atomic E-state index is 10.9. The number of hydrogen-bond donors (Lipinski definition) is 0.